The molecule has 0 spiro atoms. The average molecular weight is 360 g/mol. The number of hydrogen-bond acceptors (Lipinski definition) is 2. The van der Waals surface area contributed by atoms with Gasteiger partial charge >= 0.3 is 0 Å². The van der Waals surface area contributed by atoms with Gasteiger partial charge in [-0.05, 0) is 88.9 Å². The lowest BCUT2D eigenvalue weighted by molar-refractivity contribution is 0.200. The van der Waals surface area contributed by atoms with Gasteiger partial charge in [0.25, 0.3) is 0 Å². The van der Waals surface area contributed by atoms with Crippen molar-refractivity contribution in [3.8, 4) is 5.75 Å². The molecule has 1 unspecified atom stereocenters. The molecule has 3 rings (SSSR count). The summed E-state index contributed by atoms with van der Waals surface area (Å²) in [4.78, 5) is 2.43. The molecule has 1 atom stereocenters. The van der Waals surface area contributed by atoms with Gasteiger partial charge in [-0.15, -0.1) is 0 Å². The summed E-state index contributed by atoms with van der Waals surface area (Å²) in [5.74, 6) is 2.31. The van der Waals surface area contributed by atoms with E-state index in [-0.39, 0.29) is 0 Å². The second-order valence-electron chi connectivity index (χ2n) is 7.60. The van der Waals surface area contributed by atoms with Crippen molar-refractivity contribution in [3.63, 3.8) is 0 Å². The van der Waals surface area contributed by atoms with Crippen molar-refractivity contribution in [1.29, 1.82) is 0 Å². The Morgan fingerprint density at radius 3 is 2.56 bits per heavy atom. The maximum Gasteiger partial charge on any atom is 0.119 e. The lowest BCUT2D eigenvalue weighted by Crippen LogP contribution is -2.30. The van der Waals surface area contributed by atoms with E-state index in [1.165, 1.54) is 43.5 Å². The summed E-state index contributed by atoms with van der Waals surface area (Å²) in [6.07, 6.45) is 10.4. The lowest BCUT2D eigenvalue weighted by atomic mass is 9.89. The Bertz CT molecular complexity index is 611. The number of benzene rings is 1. The quantitative estimate of drug-likeness (QED) is 0.600. The molecule has 1 aliphatic heterocycles. The van der Waals surface area contributed by atoms with Crippen molar-refractivity contribution >= 4 is 11.6 Å². The molecule has 1 heterocycles. The maximum absolute atomic E-state index is 6.15. The highest BCUT2D eigenvalue weighted by Crippen LogP contribution is 2.33. The van der Waals surface area contributed by atoms with Gasteiger partial charge in [0, 0.05) is 11.0 Å². The van der Waals surface area contributed by atoms with Gasteiger partial charge in [-0.1, -0.05) is 35.4 Å². The molecule has 1 aliphatic carbocycles. The van der Waals surface area contributed by atoms with Gasteiger partial charge in [-0.3, -0.25) is 0 Å². The van der Waals surface area contributed by atoms with Crippen molar-refractivity contribution in [2.75, 3.05) is 26.7 Å². The van der Waals surface area contributed by atoms with E-state index in [0.717, 1.165) is 36.1 Å². The van der Waals surface area contributed by atoms with Crippen LogP contribution < -0.4 is 4.74 Å². The molecule has 136 valence electrons. The first-order chi connectivity index (χ1) is 12.1. The predicted octanol–water partition coefficient (Wildman–Crippen LogP) is 5.74. The number of allylic oxidation sites excluding steroid dienone is 4. The molecular formula is C22H30ClNO. The molecule has 0 N–H and O–H groups in total. The molecule has 1 fully saturated rings. The van der Waals surface area contributed by atoms with Crippen molar-refractivity contribution in [2.45, 2.75) is 44.9 Å². The van der Waals surface area contributed by atoms with E-state index >= 15 is 0 Å². The SMILES string of the molecule is CC1=C(Cl)C=CC(c2ccc(OCCCC3CCN(C)CC3)cc2)C1. The summed E-state index contributed by atoms with van der Waals surface area (Å²) in [7, 11) is 2.22. The fourth-order valence-electron chi connectivity index (χ4n) is 3.79. The van der Waals surface area contributed by atoms with Crippen LogP contribution in [0.4, 0.5) is 0 Å². The molecule has 0 bridgehead atoms. The third-order valence-corrected chi connectivity index (χ3v) is 6.03. The molecule has 3 heteroatoms. The van der Waals surface area contributed by atoms with Crippen molar-refractivity contribution < 1.29 is 4.74 Å². The molecule has 0 aromatic heterocycles. The topological polar surface area (TPSA) is 12.5 Å². The van der Waals surface area contributed by atoms with Crippen LogP contribution in [0.1, 0.15) is 50.5 Å². The molecule has 0 amide bonds. The minimum Gasteiger partial charge on any atom is -0.494 e. The molecule has 2 nitrogen and oxygen atoms in total. The Morgan fingerprint density at radius 1 is 1.16 bits per heavy atom. The molecule has 0 saturated carbocycles. The second kappa shape index (κ2) is 8.91. The fraction of sp³-hybridized carbons (Fsp3) is 0.545. The van der Waals surface area contributed by atoms with Gasteiger partial charge in [0.05, 0.1) is 6.61 Å². The largest absolute Gasteiger partial charge is 0.494 e. The Morgan fingerprint density at radius 2 is 1.88 bits per heavy atom. The van der Waals surface area contributed by atoms with E-state index in [2.05, 4.69) is 49.2 Å². The van der Waals surface area contributed by atoms with Crippen LogP contribution in [0.5, 0.6) is 5.75 Å². The maximum atomic E-state index is 6.15. The Balaban J connectivity index is 1.40. The first-order valence-corrected chi connectivity index (χ1v) is 9.94. The minimum atomic E-state index is 0.431. The monoisotopic (exact) mass is 359 g/mol. The molecule has 1 aromatic rings. The Labute approximate surface area is 157 Å². The Kier molecular flexibility index (Phi) is 6.61. The highest BCUT2D eigenvalue weighted by molar-refractivity contribution is 6.31. The van der Waals surface area contributed by atoms with Crippen molar-refractivity contribution in [1.82, 2.24) is 4.90 Å². The van der Waals surface area contributed by atoms with Crippen LogP contribution in [0, 0.1) is 5.92 Å². The molecule has 25 heavy (non-hydrogen) atoms. The zero-order valence-electron chi connectivity index (χ0n) is 15.5. The van der Waals surface area contributed by atoms with Crippen LogP contribution in [0.2, 0.25) is 0 Å². The van der Waals surface area contributed by atoms with Crippen LogP contribution in [-0.2, 0) is 0 Å². The normalized spacial score (nSPS) is 22.4. The lowest BCUT2D eigenvalue weighted by Gasteiger charge is -2.28. The van der Waals surface area contributed by atoms with E-state index in [1.807, 2.05) is 6.08 Å². The summed E-state index contributed by atoms with van der Waals surface area (Å²) in [6.45, 7) is 5.44. The van der Waals surface area contributed by atoms with Gasteiger partial charge < -0.3 is 9.64 Å². The number of piperidine rings is 1. The number of hydrogen-bond donors (Lipinski definition) is 0. The molecule has 2 aliphatic rings. The highest BCUT2D eigenvalue weighted by Gasteiger charge is 2.16. The summed E-state index contributed by atoms with van der Waals surface area (Å²) in [6, 6.07) is 8.59. The van der Waals surface area contributed by atoms with Gasteiger partial charge in [0.15, 0.2) is 0 Å². The Hall–Kier alpha value is -1.25. The second-order valence-corrected chi connectivity index (χ2v) is 8.01. The van der Waals surface area contributed by atoms with Gasteiger partial charge in [-0.25, -0.2) is 0 Å². The first-order valence-electron chi connectivity index (χ1n) is 9.56. The third kappa shape index (κ3) is 5.36. The number of ether oxygens (including phenoxy) is 1. The summed E-state index contributed by atoms with van der Waals surface area (Å²) < 4.78 is 5.94. The van der Waals surface area contributed by atoms with Crippen molar-refractivity contribution in [3.05, 3.63) is 52.6 Å². The van der Waals surface area contributed by atoms with Crippen LogP contribution >= 0.6 is 11.6 Å². The number of likely N-dealkylation sites (tertiary alicyclic amines) is 1. The smallest absolute Gasteiger partial charge is 0.119 e. The number of nitrogens with zero attached hydrogens (tertiary/aromatic N) is 1. The number of rotatable bonds is 6. The molecular weight excluding hydrogens is 330 g/mol. The zero-order valence-corrected chi connectivity index (χ0v) is 16.3. The van der Waals surface area contributed by atoms with E-state index in [9.17, 15) is 0 Å². The van der Waals surface area contributed by atoms with Crippen LogP contribution in [-0.4, -0.2) is 31.6 Å². The van der Waals surface area contributed by atoms with E-state index < -0.39 is 0 Å². The fourth-order valence-corrected chi connectivity index (χ4v) is 3.94. The van der Waals surface area contributed by atoms with Crippen LogP contribution in [0.3, 0.4) is 0 Å². The van der Waals surface area contributed by atoms with Gasteiger partial charge in [0.2, 0.25) is 0 Å². The van der Waals surface area contributed by atoms with E-state index in [1.54, 1.807) is 0 Å². The average Bonchev–Trinajstić information content (AvgIpc) is 2.63. The van der Waals surface area contributed by atoms with Crippen LogP contribution in [0.25, 0.3) is 0 Å². The molecule has 0 radical (unpaired) electrons. The van der Waals surface area contributed by atoms with Gasteiger partial charge in [0.1, 0.15) is 5.75 Å². The van der Waals surface area contributed by atoms with E-state index in [4.69, 9.17) is 16.3 Å². The summed E-state index contributed by atoms with van der Waals surface area (Å²) in [5, 5.41) is 0.890. The first kappa shape index (κ1) is 18.5. The zero-order chi connectivity index (χ0) is 17.6. The third-order valence-electron chi connectivity index (χ3n) is 5.58. The minimum absolute atomic E-state index is 0.431. The van der Waals surface area contributed by atoms with Gasteiger partial charge in [-0.2, -0.15) is 0 Å². The summed E-state index contributed by atoms with van der Waals surface area (Å²) in [5.41, 5.74) is 2.60. The molecule has 1 aromatic carbocycles. The predicted molar refractivity (Wildman–Crippen MR) is 106 cm³/mol. The highest BCUT2D eigenvalue weighted by atomic mass is 35.5. The van der Waals surface area contributed by atoms with Crippen LogP contribution in [0.15, 0.2) is 47.0 Å². The molecule has 1 saturated heterocycles. The summed E-state index contributed by atoms with van der Waals surface area (Å²) >= 11 is 6.15. The standard InChI is InChI=1S/C22H30ClNO/c1-17-16-20(7-10-22(17)23)19-5-8-21(9-6-19)25-15-3-4-18-11-13-24(2)14-12-18/h5-10,18,20H,3-4,11-16H2,1-2H3. The number of halogens is 1. The van der Waals surface area contributed by atoms with Crippen molar-refractivity contribution in [2.24, 2.45) is 5.92 Å². The van der Waals surface area contributed by atoms with E-state index in [0.29, 0.717) is 5.92 Å².